The van der Waals surface area contributed by atoms with Gasteiger partial charge in [-0.2, -0.15) is 0 Å². The van der Waals surface area contributed by atoms with Gasteiger partial charge in [0.25, 0.3) is 5.91 Å². The summed E-state index contributed by atoms with van der Waals surface area (Å²) in [6.45, 7) is 2.09. The Hall–Kier alpha value is -1.45. The molecule has 26 heavy (non-hydrogen) atoms. The minimum Gasteiger partial charge on any atom is -0.338 e. The molecule has 1 fully saturated rings. The van der Waals surface area contributed by atoms with E-state index in [4.69, 9.17) is 5.73 Å². The number of carbonyl (C=O) groups is 1. The van der Waals surface area contributed by atoms with Crippen LogP contribution in [-0.2, 0) is 16.6 Å². The predicted octanol–water partition coefficient (Wildman–Crippen LogP) is 2.07. The summed E-state index contributed by atoms with van der Waals surface area (Å²) in [7, 11) is -3.67. The van der Waals surface area contributed by atoms with Crippen molar-refractivity contribution in [1.82, 2.24) is 9.62 Å². The molecule has 0 radical (unpaired) electrons. The summed E-state index contributed by atoms with van der Waals surface area (Å²) in [6.07, 6.45) is 0.891. The maximum Gasteiger partial charge on any atom is 0.253 e. The van der Waals surface area contributed by atoms with Crippen molar-refractivity contribution in [2.45, 2.75) is 17.9 Å². The highest BCUT2D eigenvalue weighted by Gasteiger charge is 2.26. The Morgan fingerprint density at radius 1 is 1.31 bits per heavy atom. The van der Waals surface area contributed by atoms with E-state index in [1.54, 1.807) is 17.0 Å². The summed E-state index contributed by atoms with van der Waals surface area (Å²) < 4.78 is 27.5. The first kappa shape index (κ1) is 20.9. The van der Waals surface area contributed by atoms with Gasteiger partial charge in [0.15, 0.2) is 0 Å². The summed E-state index contributed by atoms with van der Waals surface area (Å²) in [5.74, 6) is 0.176. The van der Waals surface area contributed by atoms with Gasteiger partial charge in [-0.25, -0.2) is 13.1 Å². The van der Waals surface area contributed by atoms with Crippen LogP contribution in [0.5, 0.6) is 0 Å². The number of rotatable bonds is 6. The van der Waals surface area contributed by atoms with Gasteiger partial charge in [0.05, 0.1) is 4.90 Å². The number of nitrogens with two attached hydrogens (primary N) is 1. The van der Waals surface area contributed by atoms with Gasteiger partial charge in [-0.1, -0.05) is 12.1 Å². The van der Waals surface area contributed by atoms with Crippen molar-refractivity contribution in [3.8, 4) is 0 Å². The van der Waals surface area contributed by atoms with Crippen LogP contribution in [0.2, 0.25) is 0 Å². The van der Waals surface area contributed by atoms with Crippen molar-refractivity contribution < 1.29 is 13.2 Å². The lowest BCUT2D eigenvalue weighted by Gasteiger charge is -2.17. The van der Waals surface area contributed by atoms with Gasteiger partial charge >= 0.3 is 0 Å². The largest absolute Gasteiger partial charge is 0.338 e. The minimum absolute atomic E-state index is 0. The molecule has 0 spiro atoms. The molecule has 2 aromatic rings. The third-order valence-corrected chi connectivity index (χ3v) is 6.59. The zero-order valence-corrected chi connectivity index (χ0v) is 16.6. The molecule has 0 bridgehead atoms. The molecular formula is C17H22ClN3O3S2. The maximum atomic E-state index is 12.6. The molecule has 0 aliphatic carbocycles. The molecule has 1 saturated heterocycles. The summed E-state index contributed by atoms with van der Waals surface area (Å²) in [6, 6.07) is 9.93. The average molecular weight is 416 g/mol. The zero-order valence-electron chi connectivity index (χ0n) is 14.1. The number of likely N-dealkylation sites (tertiary alicyclic amines) is 1. The molecule has 1 aliphatic rings. The highest BCUT2D eigenvalue weighted by Crippen LogP contribution is 2.20. The summed E-state index contributed by atoms with van der Waals surface area (Å²) in [5, 5.41) is 1.90. The first-order chi connectivity index (χ1) is 12.0. The third kappa shape index (κ3) is 4.83. The molecule has 3 N–H and O–H groups in total. The molecule has 3 rings (SSSR count). The Kier molecular flexibility index (Phi) is 7.19. The SMILES string of the molecule is Cl.NCC1CCN(C(=O)c2cccc(S(=O)(=O)NCc3cccs3)c2)C1. The van der Waals surface area contributed by atoms with E-state index >= 15 is 0 Å². The number of nitrogens with zero attached hydrogens (tertiary/aromatic N) is 1. The number of hydrogen-bond donors (Lipinski definition) is 2. The Balaban J connectivity index is 0.00000243. The molecule has 1 aromatic carbocycles. The lowest BCUT2D eigenvalue weighted by molar-refractivity contribution is 0.0787. The molecule has 0 saturated carbocycles. The van der Waals surface area contributed by atoms with Crippen LogP contribution < -0.4 is 10.5 Å². The van der Waals surface area contributed by atoms with E-state index in [2.05, 4.69) is 4.72 Å². The molecule has 9 heteroatoms. The van der Waals surface area contributed by atoms with Crippen LogP contribution in [0.15, 0.2) is 46.7 Å². The molecule has 1 unspecified atom stereocenters. The molecule has 2 heterocycles. The molecule has 142 valence electrons. The normalized spacial score (nSPS) is 17.1. The van der Waals surface area contributed by atoms with Gasteiger partial charge in [0, 0.05) is 30.1 Å². The Morgan fingerprint density at radius 2 is 2.12 bits per heavy atom. The second-order valence-electron chi connectivity index (χ2n) is 6.07. The molecular weight excluding hydrogens is 394 g/mol. The van der Waals surface area contributed by atoms with Crippen LogP contribution in [0.4, 0.5) is 0 Å². The van der Waals surface area contributed by atoms with Crippen LogP contribution in [-0.4, -0.2) is 38.9 Å². The maximum absolute atomic E-state index is 12.6. The van der Waals surface area contributed by atoms with Gasteiger partial charge < -0.3 is 10.6 Å². The molecule has 1 atom stereocenters. The first-order valence-corrected chi connectivity index (χ1v) is 10.5. The number of thiophene rings is 1. The fraction of sp³-hybridized carbons (Fsp3) is 0.353. The second kappa shape index (κ2) is 8.96. The summed E-state index contributed by atoms with van der Waals surface area (Å²) >= 11 is 1.49. The van der Waals surface area contributed by atoms with Crippen molar-refractivity contribution in [1.29, 1.82) is 0 Å². The quantitative estimate of drug-likeness (QED) is 0.755. The van der Waals surface area contributed by atoms with E-state index < -0.39 is 10.0 Å². The summed E-state index contributed by atoms with van der Waals surface area (Å²) in [5.41, 5.74) is 6.05. The molecule has 1 aromatic heterocycles. The fourth-order valence-corrected chi connectivity index (χ4v) is 4.64. The van der Waals surface area contributed by atoms with E-state index in [1.807, 2.05) is 17.5 Å². The number of hydrogen-bond acceptors (Lipinski definition) is 5. The standard InChI is InChI=1S/C17H21N3O3S2.ClH/c18-10-13-6-7-20(12-13)17(21)14-3-1-5-16(9-14)25(22,23)19-11-15-4-2-8-24-15;/h1-5,8-9,13,19H,6-7,10-12,18H2;1H. The van der Waals surface area contributed by atoms with Crippen molar-refractivity contribution in [2.75, 3.05) is 19.6 Å². The first-order valence-electron chi connectivity index (χ1n) is 8.11. The van der Waals surface area contributed by atoms with Crippen LogP contribution in [0.3, 0.4) is 0 Å². The number of carbonyl (C=O) groups excluding carboxylic acids is 1. The van der Waals surface area contributed by atoms with E-state index in [0.29, 0.717) is 31.1 Å². The van der Waals surface area contributed by atoms with E-state index in [-0.39, 0.29) is 29.8 Å². The highest BCUT2D eigenvalue weighted by atomic mass is 35.5. The van der Waals surface area contributed by atoms with E-state index in [1.165, 1.54) is 23.5 Å². The predicted molar refractivity (Wildman–Crippen MR) is 105 cm³/mol. The van der Waals surface area contributed by atoms with Gasteiger partial charge in [0.2, 0.25) is 10.0 Å². The van der Waals surface area contributed by atoms with Crippen molar-refractivity contribution in [3.05, 3.63) is 52.2 Å². The number of amides is 1. The average Bonchev–Trinajstić information content (AvgIpc) is 3.31. The van der Waals surface area contributed by atoms with Crippen molar-refractivity contribution in [3.63, 3.8) is 0 Å². The van der Waals surface area contributed by atoms with E-state index in [0.717, 1.165) is 11.3 Å². The Morgan fingerprint density at radius 3 is 2.77 bits per heavy atom. The van der Waals surface area contributed by atoms with Gasteiger partial charge in [0.1, 0.15) is 0 Å². The molecule has 6 nitrogen and oxygen atoms in total. The van der Waals surface area contributed by atoms with Gasteiger partial charge in [-0.05, 0) is 48.5 Å². The molecule has 1 amide bonds. The van der Waals surface area contributed by atoms with Crippen LogP contribution in [0.25, 0.3) is 0 Å². The number of benzene rings is 1. The lowest BCUT2D eigenvalue weighted by atomic mass is 10.1. The van der Waals surface area contributed by atoms with Crippen molar-refractivity contribution >= 4 is 39.7 Å². The Labute approximate surface area is 163 Å². The number of nitrogens with one attached hydrogen (secondary N) is 1. The minimum atomic E-state index is -3.67. The van der Waals surface area contributed by atoms with Crippen LogP contribution >= 0.6 is 23.7 Å². The zero-order chi connectivity index (χ0) is 17.9. The fourth-order valence-electron chi connectivity index (χ4n) is 2.85. The number of sulfonamides is 1. The van der Waals surface area contributed by atoms with Crippen molar-refractivity contribution in [2.24, 2.45) is 11.7 Å². The topological polar surface area (TPSA) is 92.5 Å². The smallest absolute Gasteiger partial charge is 0.253 e. The second-order valence-corrected chi connectivity index (χ2v) is 8.87. The third-order valence-electron chi connectivity index (χ3n) is 4.31. The summed E-state index contributed by atoms with van der Waals surface area (Å²) in [4.78, 5) is 15.4. The molecule has 1 aliphatic heterocycles. The number of halogens is 1. The lowest BCUT2D eigenvalue weighted by Crippen LogP contribution is -2.30. The van der Waals surface area contributed by atoms with Crippen LogP contribution in [0, 0.1) is 5.92 Å². The monoisotopic (exact) mass is 415 g/mol. The highest BCUT2D eigenvalue weighted by molar-refractivity contribution is 7.89. The Bertz CT molecular complexity index is 841. The van der Waals surface area contributed by atoms with Gasteiger partial charge in [-0.3, -0.25) is 4.79 Å². The van der Waals surface area contributed by atoms with E-state index in [9.17, 15) is 13.2 Å². The van der Waals surface area contributed by atoms with Gasteiger partial charge in [-0.15, -0.1) is 23.7 Å². The van der Waals surface area contributed by atoms with Crippen LogP contribution in [0.1, 0.15) is 21.7 Å².